The molecular formula is C19H24N4O3. The molecule has 1 aliphatic carbocycles. The molecule has 0 unspecified atom stereocenters. The van der Waals surface area contributed by atoms with E-state index in [0.717, 1.165) is 12.8 Å². The maximum atomic E-state index is 11.5. The third-order valence-corrected chi connectivity index (χ3v) is 4.53. The van der Waals surface area contributed by atoms with Crippen molar-refractivity contribution in [3.63, 3.8) is 0 Å². The summed E-state index contributed by atoms with van der Waals surface area (Å²) in [4.78, 5) is 19.9. The lowest BCUT2D eigenvalue weighted by Crippen LogP contribution is -2.20. The fraction of sp³-hybridized carbons (Fsp3) is 0.421. The molecule has 1 heterocycles. The van der Waals surface area contributed by atoms with E-state index in [1.54, 1.807) is 24.3 Å². The van der Waals surface area contributed by atoms with Gasteiger partial charge in [-0.05, 0) is 37.1 Å². The lowest BCUT2D eigenvalue weighted by Gasteiger charge is -2.18. The molecule has 3 N–H and O–H groups in total. The number of nitrogen functional groups attached to an aromatic ring is 1. The third-order valence-electron chi connectivity index (χ3n) is 4.53. The summed E-state index contributed by atoms with van der Waals surface area (Å²) >= 11 is 0. The Hall–Kier alpha value is -2.83. The lowest BCUT2D eigenvalue weighted by atomic mass is 10.1. The second-order valence-electron chi connectivity index (χ2n) is 6.39. The van der Waals surface area contributed by atoms with Crippen molar-refractivity contribution < 1.29 is 14.3 Å². The van der Waals surface area contributed by atoms with Crippen LogP contribution in [0.25, 0.3) is 0 Å². The molecule has 3 rings (SSSR count). The predicted molar refractivity (Wildman–Crippen MR) is 99.4 cm³/mol. The molecule has 0 aliphatic heterocycles. The van der Waals surface area contributed by atoms with Gasteiger partial charge in [-0.3, -0.25) is 0 Å². The quantitative estimate of drug-likeness (QED) is 0.621. The molecule has 0 spiro atoms. The monoisotopic (exact) mass is 356 g/mol. The van der Waals surface area contributed by atoms with E-state index in [4.69, 9.17) is 10.5 Å². The summed E-state index contributed by atoms with van der Waals surface area (Å²) in [6.45, 7) is 0. The first-order valence-electron chi connectivity index (χ1n) is 8.90. The SMILES string of the molecule is COC(=O)c1ccc(Oc2ncnc(NC3CCCCCC3)c2N)cc1. The highest BCUT2D eigenvalue weighted by atomic mass is 16.5. The van der Waals surface area contributed by atoms with Gasteiger partial charge in [0, 0.05) is 6.04 Å². The van der Waals surface area contributed by atoms with Gasteiger partial charge in [-0.25, -0.2) is 9.78 Å². The first kappa shape index (κ1) is 18.0. The van der Waals surface area contributed by atoms with Crippen LogP contribution >= 0.6 is 0 Å². The number of nitrogens with zero attached hydrogens (tertiary/aromatic N) is 2. The molecule has 0 radical (unpaired) electrons. The number of hydrogen-bond acceptors (Lipinski definition) is 7. The smallest absolute Gasteiger partial charge is 0.337 e. The summed E-state index contributed by atoms with van der Waals surface area (Å²) < 4.78 is 10.4. The zero-order valence-electron chi connectivity index (χ0n) is 14.9. The number of rotatable bonds is 5. The second-order valence-corrected chi connectivity index (χ2v) is 6.39. The molecule has 26 heavy (non-hydrogen) atoms. The van der Waals surface area contributed by atoms with E-state index < -0.39 is 5.97 Å². The number of carbonyl (C=O) groups excluding carboxylic acids is 1. The second kappa shape index (κ2) is 8.51. The van der Waals surface area contributed by atoms with Crippen molar-refractivity contribution in [3.8, 4) is 11.6 Å². The van der Waals surface area contributed by atoms with Crippen molar-refractivity contribution in [2.75, 3.05) is 18.2 Å². The molecule has 7 heteroatoms. The summed E-state index contributed by atoms with van der Waals surface area (Å²) in [5.41, 5.74) is 7.03. The maximum Gasteiger partial charge on any atom is 0.337 e. The van der Waals surface area contributed by atoms with Crippen LogP contribution in [0.2, 0.25) is 0 Å². The Balaban J connectivity index is 1.71. The average molecular weight is 356 g/mol. The van der Waals surface area contributed by atoms with E-state index in [1.165, 1.54) is 39.1 Å². The number of carbonyl (C=O) groups is 1. The van der Waals surface area contributed by atoms with Crippen LogP contribution in [0, 0.1) is 0 Å². The summed E-state index contributed by atoms with van der Waals surface area (Å²) in [5, 5.41) is 3.43. The third kappa shape index (κ3) is 4.41. The number of ether oxygens (including phenoxy) is 2. The fourth-order valence-electron chi connectivity index (χ4n) is 3.08. The highest BCUT2D eigenvalue weighted by molar-refractivity contribution is 5.89. The zero-order chi connectivity index (χ0) is 18.4. The number of aromatic nitrogens is 2. The molecule has 0 bridgehead atoms. The van der Waals surface area contributed by atoms with Gasteiger partial charge in [-0.1, -0.05) is 25.7 Å². The van der Waals surface area contributed by atoms with Gasteiger partial charge in [0.2, 0.25) is 5.88 Å². The molecule has 138 valence electrons. The molecule has 7 nitrogen and oxygen atoms in total. The Morgan fingerprint density at radius 1 is 1.12 bits per heavy atom. The minimum atomic E-state index is -0.395. The van der Waals surface area contributed by atoms with Crippen LogP contribution in [-0.2, 0) is 4.74 Å². The fourth-order valence-corrected chi connectivity index (χ4v) is 3.08. The molecule has 0 amide bonds. The topological polar surface area (TPSA) is 99.4 Å². The Labute approximate surface area is 152 Å². The molecule has 1 aliphatic rings. The molecule has 1 fully saturated rings. The highest BCUT2D eigenvalue weighted by Crippen LogP contribution is 2.31. The van der Waals surface area contributed by atoms with Crippen LogP contribution < -0.4 is 15.8 Å². The van der Waals surface area contributed by atoms with Gasteiger partial charge < -0.3 is 20.5 Å². The van der Waals surface area contributed by atoms with Gasteiger partial charge in [0.05, 0.1) is 12.7 Å². The van der Waals surface area contributed by atoms with E-state index in [0.29, 0.717) is 34.7 Å². The van der Waals surface area contributed by atoms with Gasteiger partial charge in [0.1, 0.15) is 17.8 Å². The van der Waals surface area contributed by atoms with Crippen LogP contribution in [0.15, 0.2) is 30.6 Å². The van der Waals surface area contributed by atoms with Crippen molar-refractivity contribution >= 4 is 17.5 Å². The standard InChI is InChI=1S/C19H24N4O3/c1-25-19(24)13-8-10-15(11-9-13)26-18-16(20)17(21-12-22-18)23-14-6-4-2-3-5-7-14/h8-12,14H,2-7,20H2,1H3,(H,21,22,23). The molecule has 1 aromatic heterocycles. The van der Waals surface area contributed by atoms with E-state index in [2.05, 4.69) is 20.0 Å². The molecule has 0 atom stereocenters. The number of benzene rings is 1. The summed E-state index contributed by atoms with van der Waals surface area (Å²) in [6, 6.07) is 6.98. The van der Waals surface area contributed by atoms with Gasteiger partial charge in [0.15, 0.2) is 5.82 Å². The van der Waals surface area contributed by atoms with Crippen molar-refractivity contribution in [3.05, 3.63) is 36.2 Å². The lowest BCUT2D eigenvalue weighted by molar-refractivity contribution is 0.0600. The van der Waals surface area contributed by atoms with Gasteiger partial charge in [0.25, 0.3) is 0 Å². The van der Waals surface area contributed by atoms with Gasteiger partial charge in [-0.2, -0.15) is 4.98 Å². The average Bonchev–Trinajstić information content (AvgIpc) is 2.93. The number of methoxy groups -OCH3 is 1. The molecular weight excluding hydrogens is 332 g/mol. The predicted octanol–water partition coefficient (Wildman–Crippen LogP) is 3.77. The molecule has 0 saturated heterocycles. The summed E-state index contributed by atoms with van der Waals surface area (Å²) in [6.07, 6.45) is 8.69. The highest BCUT2D eigenvalue weighted by Gasteiger charge is 2.16. The van der Waals surface area contributed by atoms with Crippen LogP contribution in [0.5, 0.6) is 11.6 Å². The molecule has 2 aromatic rings. The maximum absolute atomic E-state index is 11.5. The first-order chi connectivity index (χ1) is 12.7. The van der Waals surface area contributed by atoms with Crippen molar-refractivity contribution in [2.24, 2.45) is 0 Å². The van der Waals surface area contributed by atoms with Crippen LogP contribution in [0.1, 0.15) is 48.9 Å². The van der Waals surface area contributed by atoms with Crippen LogP contribution in [0.3, 0.4) is 0 Å². The molecule has 1 saturated carbocycles. The van der Waals surface area contributed by atoms with E-state index in [9.17, 15) is 4.79 Å². The normalized spacial score (nSPS) is 15.1. The summed E-state index contributed by atoms with van der Waals surface area (Å²) in [5.74, 6) is 1.03. The first-order valence-corrected chi connectivity index (χ1v) is 8.90. The Bertz CT molecular complexity index is 741. The number of nitrogens with one attached hydrogen (secondary N) is 1. The van der Waals surface area contributed by atoms with E-state index in [1.807, 2.05) is 0 Å². The largest absolute Gasteiger partial charge is 0.465 e. The zero-order valence-corrected chi connectivity index (χ0v) is 14.9. The Kier molecular flexibility index (Phi) is 5.88. The van der Waals surface area contributed by atoms with Gasteiger partial charge in [-0.15, -0.1) is 0 Å². The van der Waals surface area contributed by atoms with E-state index in [-0.39, 0.29) is 0 Å². The number of anilines is 2. The summed E-state index contributed by atoms with van der Waals surface area (Å²) in [7, 11) is 1.34. The van der Waals surface area contributed by atoms with Gasteiger partial charge >= 0.3 is 5.97 Å². The van der Waals surface area contributed by atoms with E-state index >= 15 is 0 Å². The Morgan fingerprint density at radius 2 is 1.81 bits per heavy atom. The van der Waals surface area contributed by atoms with Crippen molar-refractivity contribution in [1.82, 2.24) is 9.97 Å². The van der Waals surface area contributed by atoms with Crippen molar-refractivity contribution in [1.29, 1.82) is 0 Å². The number of nitrogens with two attached hydrogens (primary N) is 1. The van der Waals surface area contributed by atoms with Crippen LogP contribution in [-0.4, -0.2) is 29.1 Å². The number of hydrogen-bond donors (Lipinski definition) is 2. The minimum absolute atomic E-state index is 0.293. The number of esters is 1. The Morgan fingerprint density at radius 3 is 2.46 bits per heavy atom. The van der Waals surface area contributed by atoms with Crippen molar-refractivity contribution in [2.45, 2.75) is 44.6 Å². The molecule has 1 aromatic carbocycles. The van der Waals surface area contributed by atoms with Crippen LogP contribution in [0.4, 0.5) is 11.5 Å². The minimum Gasteiger partial charge on any atom is -0.465 e.